The normalized spacial score (nSPS) is 13.9. The maximum Gasteiger partial charge on any atom is 1.00 e. The van der Waals surface area contributed by atoms with Gasteiger partial charge >= 0.3 is 34.8 Å². The zero-order valence-corrected chi connectivity index (χ0v) is 60.6. The Balaban J connectivity index is 0.000000328. The number of carbonyl (C=O) groups excluding carboxylic acids is 1. The van der Waals surface area contributed by atoms with Crippen molar-refractivity contribution in [2.75, 3.05) is 54.6 Å². The van der Waals surface area contributed by atoms with E-state index in [1.807, 2.05) is 94.4 Å². The molecule has 11 rings (SSSR count). The van der Waals surface area contributed by atoms with Crippen molar-refractivity contribution in [1.82, 2.24) is 16.0 Å². The van der Waals surface area contributed by atoms with Gasteiger partial charge in [-0.15, -0.1) is 0 Å². The Morgan fingerprint density at radius 3 is 1.33 bits per heavy atom. The van der Waals surface area contributed by atoms with E-state index in [-0.39, 0.29) is 100.0 Å². The van der Waals surface area contributed by atoms with Gasteiger partial charge in [0.05, 0.1) is 34.9 Å². The number of aliphatic imine (C=N–C) groups is 1. The van der Waals surface area contributed by atoms with Gasteiger partial charge < -0.3 is 77.2 Å². The predicted octanol–water partition coefficient (Wildman–Crippen LogP) is 11.2. The molecule has 0 spiro atoms. The van der Waals surface area contributed by atoms with Gasteiger partial charge in [0, 0.05) is 51.3 Å². The molecule has 8 aromatic carbocycles. The van der Waals surface area contributed by atoms with Crippen LogP contribution < -0.4 is 64.5 Å². The van der Waals surface area contributed by atoms with E-state index in [0.717, 1.165) is 124 Å². The Hall–Kier alpha value is -7.42. The summed E-state index contributed by atoms with van der Waals surface area (Å²) < 4.78 is 30.0. The summed E-state index contributed by atoms with van der Waals surface area (Å²) in [6, 6.07) is 38.5. The Kier molecular flexibility index (Phi) is 32.7. The number of carbonyl (C=O) groups is 1. The number of halogens is 3. The van der Waals surface area contributed by atoms with Crippen LogP contribution in [0.25, 0.3) is 0 Å². The van der Waals surface area contributed by atoms with Gasteiger partial charge in [-0.2, -0.15) is 0 Å². The minimum Gasteiger partial charge on any atom is -1.00 e. The van der Waals surface area contributed by atoms with Crippen LogP contribution in [0.15, 0.2) is 132 Å². The van der Waals surface area contributed by atoms with Crippen molar-refractivity contribution in [3.05, 3.63) is 211 Å². The molecule has 8 aromatic rings. The predicted molar refractivity (Wildman–Crippen MR) is 384 cm³/mol. The first-order valence-electron chi connectivity index (χ1n) is 30.4. The molecule has 2 unspecified atom stereocenters. The van der Waals surface area contributed by atoms with Crippen molar-refractivity contribution >= 4 is 59.0 Å². The van der Waals surface area contributed by atoms with Crippen molar-refractivity contribution in [1.29, 1.82) is 0 Å². The zero-order valence-electron chi connectivity index (χ0n) is 56.4. The number of aromatic hydroxyl groups is 8. The fraction of sp³-hybridized carbons (Fsp3) is 0.315. The number of hydrogen-bond donors (Lipinski definition) is 11. The molecule has 513 valence electrons. The van der Waals surface area contributed by atoms with E-state index in [1.165, 1.54) is 37.0 Å². The van der Waals surface area contributed by atoms with Crippen LogP contribution in [0, 0.1) is 27.7 Å². The third-order valence-electron chi connectivity index (χ3n) is 16.2. The molecule has 3 heterocycles. The van der Waals surface area contributed by atoms with Crippen molar-refractivity contribution in [2.45, 2.75) is 98.6 Å². The van der Waals surface area contributed by atoms with E-state index in [4.69, 9.17) is 18.9 Å². The van der Waals surface area contributed by atoms with E-state index in [9.17, 15) is 50.2 Å². The number of methoxy groups -OCH3 is 4. The first-order chi connectivity index (χ1) is 44.7. The minimum atomic E-state index is -3.22. The second kappa shape index (κ2) is 38.7. The monoisotopic (exact) mass is 1410 g/mol. The molecule has 97 heavy (non-hydrogen) atoms. The average molecular weight is 1420 g/mol. The van der Waals surface area contributed by atoms with E-state index < -0.39 is 5.20 Å². The zero-order chi connectivity index (χ0) is 68.4. The number of aryl methyl sites for hydroxylation is 4. The standard InChI is InChI=1S/C18H21NO4.2C18H21NO3.C18H19NO3.CH4.B.Cl3OP.Na.H/c1-12-9-13(3-5-15(12)20)7-8-19-18(22)11-14-4-6-16(21)17(10-14)23-2;3*1-11-7-13-5-6-19-15(14(13)10-17(11)21)8-12-3-4-16(20)18(9-12)22-2;;;1-5(2,3)4;;/h3-6,9-10,20-21H,7-8,11H2,1-2H3,(H,19,22);2*3-4,7,9-10,15,19-21H,5-6,8H2,1-2H3;3-4,7,9-10,20-21H,5-6,8H2,1-2H3;1H4;;;;/q;;;;;;;+1;-1. The molecule has 3 radical (unpaired) electrons. The minimum absolute atomic E-state index is 0. The van der Waals surface area contributed by atoms with Gasteiger partial charge in [-0.05, 0) is 264 Å². The molecule has 1 amide bonds. The van der Waals surface area contributed by atoms with Gasteiger partial charge in [0.2, 0.25) is 5.91 Å². The molecule has 0 fully saturated rings. The van der Waals surface area contributed by atoms with E-state index in [2.05, 4.69) is 66.8 Å². The molecule has 18 nitrogen and oxygen atoms in total. The molecule has 24 heteroatoms. The van der Waals surface area contributed by atoms with Crippen LogP contribution in [0.4, 0.5) is 0 Å². The molecular formula is C73H87BCl3N4NaO14P. The molecule has 0 bridgehead atoms. The summed E-state index contributed by atoms with van der Waals surface area (Å²) in [5, 5.41) is 84.7. The summed E-state index contributed by atoms with van der Waals surface area (Å²) >= 11 is 13.8. The number of ether oxygens (including phenoxy) is 4. The van der Waals surface area contributed by atoms with Gasteiger partial charge in [-0.3, -0.25) is 14.4 Å². The van der Waals surface area contributed by atoms with E-state index >= 15 is 0 Å². The Morgan fingerprint density at radius 2 is 0.887 bits per heavy atom. The summed E-state index contributed by atoms with van der Waals surface area (Å²) in [6.07, 6.45) is 6.00. The molecule has 0 aromatic heterocycles. The quantitative estimate of drug-likeness (QED) is 0.0336. The van der Waals surface area contributed by atoms with E-state index in [1.54, 1.807) is 56.7 Å². The maximum absolute atomic E-state index is 12.0. The van der Waals surface area contributed by atoms with Crippen molar-refractivity contribution in [3.63, 3.8) is 0 Å². The second-order valence-corrected chi connectivity index (χ2v) is 29.6. The van der Waals surface area contributed by atoms with Crippen molar-refractivity contribution in [3.8, 4) is 69.0 Å². The van der Waals surface area contributed by atoms with Gasteiger partial charge in [-0.1, -0.05) is 62.0 Å². The number of hydrogen-bond acceptors (Lipinski definition) is 17. The fourth-order valence-corrected chi connectivity index (χ4v) is 11.2. The molecule has 0 aliphatic carbocycles. The number of rotatable bonds is 15. The number of phenolic OH excluding ortho intramolecular Hbond substituents is 8. The van der Waals surface area contributed by atoms with Gasteiger partial charge in [-0.25, -0.2) is 0 Å². The van der Waals surface area contributed by atoms with Crippen molar-refractivity contribution < 1.29 is 100 Å². The second-order valence-electron chi connectivity index (χ2n) is 23.0. The first kappa shape index (κ1) is 82.0. The Bertz CT molecular complexity index is 3930. The fourth-order valence-electron chi connectivity index (χ4n) is 11.2. The van der Waals surface area contributed by atoms with Crippen LogP contribution in [0.1, 0.15) is 104 Å². The summed E-state index contributed by atoms with van der Waals surface area (Å²) in [6.45, 7) is 10.8. The SMILES string of the molecule is C.COc1cc(CC(=O)NCCc2ccc(O)c(C)c2)ccc1O.COc1cc(CC2=NCCc3cc(C)c(O)cc32)ccc1O.COc1cc(CC2NCCc3cc(C)c(O)cc32)ccc1O.COc1cc(CC2NCCc3cc(C)c(O)cc32)ccc1O.O=P(Cl)(Cl)Cl.[B].[H-].[Na+]. The number of fused-ring (bicyclic) bond motifs is 3. The van der Waals surface area contributed by atoms with Gasteiger partial charge in [0.25, 0.3) is 0 Å². The Morgan fingerprint density at radius 1 is 0.515 bits per heavy atom. The summed E-state index contributed by atoms with van der Waals surface area (Å²) in [5.74, 6) is 3.45. The summed E-state index contributed by atoms with van der Waals surface area (Å²) in [4.78, 5) is 16.6. The maximum atomic E-state index is 12.0. The molecule has 3 aliphatic heterocycles. The first-order valence-corrected chi connectivity index (χ1v) is 34.8. The Labute approximate surface area is 608 Å². The molecule has 3 aliphatic rings. The van der Waals surface area contributed by atoms with Crippen LogP contribution in [-0.2, 0) is 60.7 Å². The van der Waals surface area contributed by atoms with Gasteiger partial charge in [0.1, 0.15) is 23.0 Å². The molecule has 0 saturated heterocycles. The topological polar surface area (TPSA) is 281 Å². The smallest absolute Gasteiger partial charge is 1.00 e. The number of nitrogens with zero attached hydrogens (tertiary/aromatic N) is 1. The van der Waals surface area contributed by atoms with Gasteiger partial charge in [0.15, 0.2) is 46.0 Å². The number of benzene rings is 8. The summed E-state index contributed by atoms with van der Waals surface area (Å²) in [7, 11) is 6.10. The molecule has 2 atom stereocenters. The van der Waals surface area contributed by atoms with Crippen LogP contribution in [0.2, 0.25) is 0 Å². The third-order valence-corrected chi connectivity index (χ3v) is 16.2. The van der Waals surface area contributed by atoms with E-state index in [0.29, 0.717) is 59.6 Å². The molecule has 0 saturated carbocycles. The van der Waals surface area contributed by atoms with Crippen molar-refractivity contribution in [2.24, 2.45) is 4.99 Å². The molecular weight excluding hydrogens is 1330 g/mol. The van der Waals surface area contributed by atoms with Crippen LogP contribution in [0.3, 0.4) is 0 Å². The number of amides is 1. The third kappa shape index (κ3) is 24.2. The largest absolute Gasteiger partial charge is 1.00 e. The van der Waals surface area contributed by atoms with Crippen LogP contribution in [-0.4, -0.2) is 116 Å². The summed E-state index contributed by atoms with van der Waals surface area (Å²) in [5.41, 5.74) is 16.7. The number of phenols is 8. The van der Waals surface area contributed by atoms with Crippen LogP contribution in [0.5, 0.6) is 69.0 Å². The molecule has 11 N–H and O–H groups in total. The van der Waals surface area contributed by atoms with Crippen LogP contribution >= 0.6 is 38.9 Å². The number of nitrogens with one attached hydrogen (secondary N) is 3. The average Bonchev–Trinajstić information content (AvgIpc) is 0.812.